The Morgan fingerprint density at radius 2 is 1.39 bits per heavy atom. The topological polar surface area (TPSA) is 75.7 Å². The average Bonchev–Trinajstić information content (AvgIpc) is 2.87. The van der Waals surface area contributed by atoms with Crippen LogP contribution in [0.2, 0.25) is 0 Å². The summed E-state index contributed by atoms with van der Waals surface area (Å²) in [5.74, 6) is 0.215. The molecule has 6 nitrogen and oxygen atoms in total. The fourth-order valence-electron chi connectivity index (χ4n) is 3.84. The van der Waals surface area contributed by atoms with Gasteiger partial charge in [0.2, 0.25) is 5.91 Å². The Morgan fingerprint density at radius 3 is 2.00 bits per heavy atom. The van der Waals surface area contributed by atoms with Gasteiger partial charge in [-0.2, -0.15) is 0 Å². The first-order chi connectivity index (χ1) is 17.3. The summed E-state index contributed by atoms with van der Waals surface area (Å²) in [6.45, 7) is 3.86. The molecular weight excluding hydrogens is 472 g/mol. The number of amides is 1. The molecular formula is C29H28N2O4S. The van der Waals surface area contributed by atoms with Crippen molar-refractivity contribution in [1.29, 1.82) is 0 Å². The third-order valence-electron chi connectivity index (χ3n) is 5.50. The molecule has 0 heterocycles. The zero-order valence-corrected chi connectivity index (χ0v) is 21.0. The van der Waals surface area contributed by atoms with Crippen molar-refractivity contribution in [3.05, 3.63) is 120 Å². The molecule has 4 aromatic rings. The molecule has 0 radical (unpaired) electrons. The van der Waals surface area contributed by atoms with Gasteiger partial charge in [0.25, 0.3) is 10.0 Å². The number of sulfonamides is 1. The molecule has 7 heteroatoms. The van der Waals surface area contributed by atoms with E-state index in [1.807, 2.05) is 50.2 Å². The molecule has 0 unspecified atom stereocenters. The molecule has 1 amide bonds. The molecule has 4 rings (SSSR count). The predicted molar refractivity (Wildman–Crippen MR) is 143 cm³/mol. The van der Waals surface area contributed by atoms with Crippen LogP contribution in [0.15, 0.2) is 108 Å². The zero-order chi connectivity index (χ0) is 25.5. The second kappa shape index (κ2) is 11.1. The number of benzene rings is 4. The van der Waals surface area contributed by atoms with Crippen LogP contribution in [0.1, 0.15) is 16.7 Å². The Bertz CT molecular complexity index is 1400. The molecule has 0 fully saturated rings. The lowest BCUT2D eigenvalue weighted by Crippen LogP contribution is -2.38. The summed E-state index contributed by atoms with van der Waals surface area (Å²) in [6.07, 6.45) is 0. The minimum atomic E-state index is -3.96. The first-order valence-electron chi connectivity index (χ1n) is 11.5. The van der Waals surface area contributed by atoms with Crippen LogP contribution < -0.4 is 14.4 Å². The fraction of sp³-hybridized carbons (Fsp3) is 0.138. The van der Waals surface area contributed by atoms with Gasteiger partial charge in [-0.15, -0.1) is 0 Å². The highest BCUT2D eigenvalue weighted by molar-refractivity contribution is 7.92. The van der Waals surface area contributed by atoms with E-state index in [2.05, 4.69) is 5.32 Å². The van der Waals surface area contributed by atoms with Crippen molar-refractivity contribution >= 4 is 27.3 Å². The smallest absolute Gasteiger partial charge is 0.264 e. The summed E-state index contributed by atoms with van der Waals surface area (Å²) in [4.78, 5) is 13.1. The van der Waals surface area contributed by atoms with Gasteiger partial charge in [0.05, 0.1) is 10.6 Å². The van der Waals surface area contributed by atoms with Crippen molar-refractivity contribution in [2.45, 2.75) is 25.3 Å². The highest BCUT2D eigenvalue weighted by atomic mass is 32.2. The molecule has 0 aliphatic carbocycles. The van der Waals surface area contributed by atoms with Crippen molar-refractivity contribution in [1.82, 2.24) is 0 Å². The van der Waals surface area contributed by atoms with Crippen molar-refractivity contribution in [2.75, 3.05) is 16.2 Å². The Balaban J connectivity index is 1.50. The number of aryl methyl sites for hydroxylation is 2. The monoisotopic (exact) mass is 500 g/mol. The van der Waals surface area contributed by atoms with Crippen LogP contribution >= 0.6 is 0 Å². The van der Waals surface area contributed by atoms with Crippen LogP contribution in [-0.2, 0) is 21.4 Å². The molecule has 0 spiro atoms. The minimum Gasteiger partial charge on any atom is -0.489 e. The van der Waals surface area contributed by atoms with E-state index < -0.39 is 15.9 Å². The highest BCUT2D eigenvalue weighted by Gasteiger charge is 2.27. The fourth-order valence-corrected chi connectivity index (χ4v) is 5.26. The van der Waals surface area contributed by atoms with E-state index in [1.165, 1.54) is 12.1 Å². The Kier molecular flexibility index (Phi) is 7.71. The number of nitrogens with one attached hydrogen (secondary N) is 1. The molecule has 4 aromatic carbocycles. The van der Waals surface area contributed by atoms with Crippen molar-refractivity contribution < 1.29 is 17.9 Å². The molecule has 36 heavy (non-hydrogen) atoms. The lowest BCUT2D eigenvalue weighted by molar-refractivity contribution is -0.114. The maximum absolute atomic E-state index is 13.5. The second-order valence-electron chi connectivity index (χ2n) is 8.52. The Labute approximate surface area is 212 Å². The molecule has 184 valence electrons. The molecule has 0 saturated heterocycles. The van der Waals surface area contributed by atoms with Crippen LogP contribution in [0.3, 0.4) is 0 Å². The maximum Gasteiger partial charge on any atom is 0.264 e. The number of hydrogen-bond acceptors (Lipinski definition) is 4. The summed E-state index contributed by atoms with van der Waals surface area (Å²) >= 11 is 0. The molecule has 1 N–H and O–H groups in total. The zero-order valence-electron chi connectivity index (χ0n) is 20.2. The number of anilines is 2. The summed E-state index contributed by atoms with van der Waals surface area (Å²) in [6, 6.07) is 30.4. The number of carbonyl (C=O) groups excluding carboxylic acids is 1. The van der Waals surface area contributed by atoms with Crippen molar-refractivity contribution in [3.63, 3.8) is 0 Å². The van der Waals surface area contributed by atoms with Gasteiger partial charge in [-0.25, -0.2) is 8.42 Å². The standard InChI is InChI=1S/C29H28N2O4S/c1-22-17-23(2)19-26(18-22)31(36(33,34)28-11-7-4-8-12-28)20-29(32)30-25-13-15-27(16-14-25)35-21-24-9-5-3-6-10-24/h3-19H,20-21H2,1-2H3,(H,30,32). The van der Waals surface area contributed by atoms with Crippen LogP contribution in [-0.4, -0.2) is 20.9 Å². The van der Waals surface area contributed by atoms with E-state index in [4.69, 9.17) is 4.74 Å². The highest BCUT2D eigenvalue weighted by Crippen LogP contribution is 2.26. The summed E-state index contributed by atoms with van der Waals surface area (Å²) < 4.78 is 34.0. The molecule has 0 bridgehead atoms. The first-order valence-corrected chi connectivity index (χ1v) is 13.0. The quantitative estimate of drug-likeness (QED) is 0.319. The van der Waals surface area contributed by atoms with Gasteiger partial charge in [0.15, 0.2) is 0 Å². The van der Waals surface area contributed by atoms with Crippen LogP contribution in [0.25, 0.3) is 0 Å². The lowest BCUT2D eigenvalue weighted by Gasteiger charge is -2.25. The summed E-state index contributed by atoms with van der Waals surface area (Å²) in [7, 11) is -3.96. The number of hydrogen-bond donors (Lipinski definition) is 1. The third kappa shape index (κ3) is 6.31. The van der Waals surface area contributed by atoms with Gasteiger partial charge in [-0.05, 0) is 79.1 Å². The number of ether oxygens (including phenoxy) is 1. The van der Waals surface area contributed by atoms with Gasteiger partial charge < -0.3 is 10.1 Å². The van der Waals surface area contributed by atoms with Crippen LogP contribution in [0, 0.1) is 13.8 Å². The SMILES string of the molecule is Cc1cc(C)cc(N(CC(=O)Nc2ccc(OCc3ccccc3)cc2)S(=O)(=O)c2ccccc2)c1. The Morgan fingerprint density at radius 1 is 0.806 bits per heavy atom. The van der Waals surface area contributed by atoms with Gasteiger partial charge in [-0.1, -0.05) is 54.6 Å². The van der Waals surface area contributed by atoms with E-state index in [0.29, 0.717) is 23.7 Å². The average molecular weight is 501 g/mol. The lowest BCUT2D eigenvalue weighted by atomic mass is 10.1. The van der Waals surface area contributed by atoms with Gasteiger partial charge in [0.1, 0.15) is 18.9 Å². The van der Waals surface area contributed by atoms with Gasteiger partial charge >= 0.3 is 0 Å². The van der Waals surface area contributed by atoms with Crippen molar-refractivity contribution in [2.24, 2.45) is 0 Å². The Hall–Kier alpha value is -4.10. The van der Waals surface area contributed by atoms with E-state index >= 15 is 0 Å². The van der Waals surface area contributed by atoms with Gasteiger partial charge in [0, 0.05) is 5.69 Å². The summed E-state index contributed by atoms with van der Waals surface area (Å²) in [5, 5.41) is 2.80. The van der Waals surface area contributed by atoms with Crippen molar-refractivity contribution in [3.8, 4) is 5.75 Å². The van der Waals surface area contributed by atoms with Crippen LogP contribution in [0.4, 0.5) is 11.4 Å². The maximum atomic E-state index is 13.5. The van der Waals surface area contributed by atoms with E-state index in [-0.39, 0.29) is 11.4 Å². The first kappa shape index (κ1) is 25.0. The third-order valence-corrected chi connectivity index (χ3v) is 7.29. The molecule has 0 atom stereocenters. The number of rotatable bonds is 9. The summed E-state index contributed by atoms with van der Waals surface area (Å²) in [5.41, 5.74) is 3.86. The molecule has 0 aromatic heterocycles. The molecule has 0 saturated carbocycles. The molecule has 0 aliphatic rings. The van der Waals surface area contributed by atoms with E-state index in [9.17, 15) is 13.2 Å². The minimum absolute atomic E-state index is 0.122. The van der Waals surface area contributed by atoms with Gasteiger partial charge in [-0.3, -0.25) is 9.10 Å². The predicted octanol–water partition coefficient (Wildman–Crippen LogP) is 5.72. The second-order valence-corrected chi connectivity index (χ2v) is 10.4. The largest absolute Gasteiger partial charge is 0.489 e. The van der Waals surface area contributed by atoms with Crippen LogP contribution in [0.5, 0.6) is 5.75 Å². The molecule has 0 aliphatic heterocycles. The number of nitrogens with zero attached hydrogens (tertiary/aromatic N) is 1. The number of carbonyl (C=O) groups is 1. The normalized spacial score (nSPS) is 11.1. The van der Waals surface area contributed by atoms with E-state index in [0.717, 1.165) is 21.0 Å². The van der Waals surface area contributed by atoms with E-state index in [1.54, 1.807) is 54.6 Å².